The van der Waals surface area contributed by atoms with Crippen LogP contribution in [0, 0.1) is 0 Å². The average molecular weight is 285 g/mol. The maximum absolute atomic E-state index is 5.38. The lowest BCUT2D eigenvalue weighted by molar-refractivity contribution is 0.121. The van der Waals surface area contributed by atoms with E-state index >= 15 is 0 Å². The molecule has 0 bridgehead atoms. The van der Waals surface area contributed by atoms with E-state index in [-0.39, 0.29) is 0 Å². The smallest absolute Gasteiger partial charge is 0.0762 e. The normalized spacial score (nSPS) is 20.2. The molecule has 1 atom stereocenters. The van der Waals surface area contributed by atoms with E-state index in [1.165, 1.54) is 5.69 Å². The minimum atomic E-state index is 0.371. The molecule has 0 aliphatic carbocycles. The molecule has 2 rings (SSSR count). The van der Waals surface area contributed by atoms with Gasteiger partial charge in [-0.3, -0.25) is 0 Å². The van der Waals surface area contributed by atoms with Gasteiger partial charge in [-0.25, -0.2) is 0 Å². The van der Waals surface area contributed by atoms with Crippen molar-refractivity contribution in [2.24, 2.45) is 0 Å². The Morgan fingerprint density at radius 3 is 2.88 bits per heavy atom. The standard InChI is InChI=1S/C12H17BrN2O/c1-14-9-3-4-12(11(13)7-9)15-6-5-10(8-15)16-2/h3-4,7,10,14H,5-6,8H2,1-2H3. The molecule has 3 nitrogen and oxygen atoms in total. The summed E-state index contributed by atoms with van der Waals surface area (Å²) in [6, 6.07) is 6.35. The first kappa shape index (κ1) is 11.7. The Kier molecular flexibility index (Phi) is 3.71. The van der Waals surface area contributed by atoms with E-state index in [4.69, 9.17) is 4.74 Å². The van der Waals surface area contributed by atoms with Gasteiger partial charge in [-0.1, -0.05) is 0 Å². The predicted octanol–water partition coefficient (Wildman–Crippen LogP) is 2.72. The van der Waals surface area contributed by atoms with Gasteiger partial charge in [0.2, 0.25) is 0 Å². The van der Waals surface area contributed by atoms with Crippen LogP contribution in [-0.4, -0.2) is 33.4 Å². The van der Waals surface area contributed by atoms with Crippen LogP contribution in [0.1, 0.15) is 6.42 Å². The average Bonchev–Trinajstić information content (AvgIpc) is 2.77. The van der Waals surface area contributed by atoms with Crippen molar-refractivity contribution in [3.8, 4) is 0 Å². The largest absolute Gasteiger partial charge is 0.388 e. The number of hydrogen-bond donors (Lipinski definition) is 1. The predicted molar refractivity (Wildman–Crippen MR) is 71.3 cm³/mol. The molecule has 16 heavy (non-hydrogen) atoms. The molecule has 0 aromatic heterocycles. The summed E-state index contributed by atoms with van der Waals surface area (Å²) in [5, 5.41) is 3.13. The van der Waals surface area contributed by atoms with Gasteiger partial charge in [-0.05, 0) is 40.5 Å². The summed E-state index contributed by atoms with van der Waals surface area (Å²) >= 11 is 3.62. The zero-order chi connectivity index (χ0) is 11.5. The third-order valence-electron chi connectivity index (χ3n) is 3.06. The molecule has 4 heteroatoms. The fourth-order valence-electron chi connectivity index (χ4n) is 2.06. The van der Waals surface area contributed by atoms with Crippen LogP contribution < -0.4 is 10.2 Å². The van der Waals surface area contributed by atoms with Crippen LogP contribution in [0.2, 0.25) is 0 Å². The Balaban J connectivity index is 2.15. The lowest BCUT2D eigenvalue weighted by Crippen LogP contribution is -2.22. The van der Waals surface area contributed by atoms with Crippen LogP contribution in [0.5, 0.6) is 0 Å². The quantitative estimate of drug-likeness (QED) is 0.924. The highest BCUT2D eigenvalue weighted by molar-refractivity contribution is 9.10. The van der Waals surface area contributed by atoms with Crippen molar-refractivity contribution in [3.05, 3.63) is 22.7 Å². The highest BCUT2D eigenvalue weighted by Gasteiger charge is 2.23. The molecule has 1 fully saturated rings. The highest BCUT2D eigenvalue weighted by Crippen LogP contribution is 2.31. The molecule has 88 valence electrons. The summed E-state index contributed by atoms with van der Waals surface area (Å²) in [5.41, 5.74) is 2.37. The molecule has 0 radical (unpaired) electrons. The lowest BCUT2D eigenvalue weighted by atomic mass is 10.2. The third kappa shape index (κ3) is 2.33. The second-order valence-electron chi connectivity index (χ2n) is 4.01. The maximum Gasteiger partial charge on any atom is 0.0762 e. The summed E-state index contributed by atoms with van der Waals surface area (Å²) in [7, 11) is 3.71. The molecular weight excluding hydrogens is 268 g/mol. The van der Waals surface area contributed by atoms with Crippen molar-refractivity contribution in [3.63, 3.8) is 0 Å². The highest BCUT2D eigenvalue weighted by atomic mass is 79.9. The van der Waals surface area contributed by atoms with E-state index in [1.807, 2.05) is 7.05 Å². The lowest BCUT2D eigenvalue weighted by Gasteiger charge is -2.20. The van der Waals surface area contributed by atoms with Gasteiger partial charge in [0, 0.05) is 37.4 Å². The van der Waals surface area contributed by atoms with E-state index in [9.17, 15) is 0 Å². The molecule has 0 saturated carbocycles. The number of halogens is 1. The summed E-state index contributed by atoms with van der Waals surface area (Å²) in [4.78, 5) is 2.36. The summed E-state index contributed by atoms with van der Waals surface area (Å²) in [5.74, 6) is 0. The van der Waals surface area contributed by atoms with Crippen LogP contribution in [0.15, 0.2) is 22.7 Å². The molecule has 1 aromatic carbocycles. The zero-order valence-electron chi connectivity index (χ0n) is 9.66. The Morgan fingerprint density at radius 1 is 1.50 bits per heavy atom. The summed E-state index contributed by atoms with van der Waals surface area (Å²) < 4.78 is 6.51. The van der Waals surface area contributed by atoms with E-state index in [2.05, 4.69) is 44.3 Å². The molecular formula is C12H17BrN2O. The topological polar surface area (TPSA) is 24.5 Å². The molecule has 1 aliphatic rings. The number of anilines is 2. The van der Waals surface area contributed by atoms with Gasteiger partial charge in [0.25, 0.3) is 0 Å². The van der Waals surface area contributed by atoms with Gasteiger partial charge in [0.15, 0.2) is 0 Å². The minimum absolute atomic E-state index is 0.371. The Hall–Kier alpha value is -0.740. The molecule has 0 spiro atoms. The van der Waals surface area contributed by atoms with Crippen LogP contribution >= 0.6 is 15.9 Å². The zero-order valence-corrected chi connectivity index (χ0v) is 11.3. The van der Waals surface area contributed by atoms with Crippen molar-refractivity contribution in [1.82, 2.24) is 0 Å². The van der Waals surface area contributed by atoms with E-state index in [0.717, 1.165) is 29.7 Å². The summed E-state index contributed by atoms with van der Waals surface area (Å²) in [6.07, 6.45) is 1.48. The molecule has 1 heterocycles. The summed E-state index contributed by atoms with van der Waals surface area (Å²) in [6.45, 7) is 2.05. The Bertz CT molecular complexity index is 370. The number of rotatable bonds is 3. The fourth-order valence-corrected chi connectivity index (χ4v) is 2.69. The van der Waals surface area contributed by atoms with E-state index in [1.54, 1.807) is 7.11 Å². The van der Waals surface area contributed by atoms with Gasteiger partial charge in [0.05, 0.1) is 11.8 Å². The number of benzene rings is 1. The molecule has 1 aromatic rings. The first-order valence-corrected chi connectivity index (χ1v) is 6.29. The molecule has 1 unspecified atom stereocenters. The number of nitrogens with zero attached hydrogens (tertiary/aromatic N) is 1. The molecule has 0 amide bonds. The van der Waals surface area contributed by atoms with E-state index < -0.39 is 0 Å². The van der Waals surface area contributed by atoms with Gasteiger partial charge in [-0.2, -0.15) is 0 Å². The molecule has 1 saturated heterocycles. The van der Waals surface area contributed by atoms with E-state index in [0.29, 0.717) is 6.10 Å². The van der Waals surface area contributed by atoms with Crippen molar-refractivity contribution in [2.45, 2.75) is 12.5 Å². The van der Waals surface area contributed by atoms with Crippen molar-refractivity contribution >= 4 is 27.3 Å². The van der Waals surface area contributed by atoms with Crippen LogP contribution in [0.25, 0.3) is 0 Å². The molecule has 1 N–H and O–H groups in total. The number of methoxy groups -OCH3 is 1. The third-order valence-corrected chi connectivity index (χ3v) is 3.69. The second-order valence-corrected chi connectivity index (χ2v) is 4.86. The maximum atomic E-state index is 5.38. The minimum Gasteiger partial charge on any atom is -0.388 e. The Morgan fingerprint density at radius 2 is 2.31 bits per heavy atom. The fraction of sp³-hybridized carbons (Fsp3) is 0.500. The second kappa shape index (κ2) is 5.06. The van der Waals surface area contributed by atoms with Crippen molar-refractivity contribution < 1.29 is 4.74 Å². The first-order chi connectivity index (χ1) is 7.74. The van der Waals surface area contributed by atoms with Gasteiger partial charge >= 0.3 is 0 Å². The first-order valence-electron chi connectivity index (χ1n) is 5.49. The number of ether oxygens (including phenoxy) is 1. The SMILES string of the molecule is CNc1ccc(N2CCC(OC)C2)c(Br)c1. The van der Waals surface area contributed by atoms with Crippen LogP contribution in [0.3, 0.4) is 0 Å². The van der Waals surface area contributed by atoms with Gasteiger partial charge in [0.1, 0.15) is 0 Å². The number of nitrogens with one attached hydrogen (secondary N) is 1. The van der Waals surface area contributed by atoms with Crippen molar-refractivity contribution in [2.75, 3.05) is 37.5 Å². The monoisotopic (exact) mass is 284 g/mol. The van der Waals surface area contributed by atoms with Crippen LogP contribution in [0.4, 0.5) is 11.4 Å². The van der Waals surface area contributed by atoms with Crippen molar-refractivity contribution in [1.29, 1.82) is 0 Å². The number of hydrogen-bond acceptors (Lipinski definition) is 3. The Labute approximate surface area is 105 Å². The van der Waals surface area contributed by atoms with Gasteiger partial charge < -0.3 is 15.0 Å². The molecule has 1 aliphatic heterocycles. The van der Waals surface area contributed by atoms with Crippen LogP contribution in [-0.2, 0) is 4.74 Å². The van der Waals surface area contributed by atoms with Gasteiger partial charge in [-0.15, -0.1) is 0 Å².